The maximum atomic E-state index is 13.5. The molecule has 114 valence electrons. The summed E-state index contributed by atoms with van der Waals surface area (Å²) in [5.41, 5.74) is -0.939. The van der Waals surface area contributed by atoms with Crippen LogP contribution in [0.15, 0.2) is 18.2 Å². The summed E-state index contributed by atoms with van der Waals surface area (Å²) in [6, 6.07) is 2.37. The van der Waals surface area contributed by atoms with Crippen LogP contribution in [0.4, 0.5) is 19.3 Å². The number of carboxylic acids is 1. The minimum Gasteiger partial charge on any atom is -0.481 e. The summed E-state index contributed by atoms with van der Waals surface area (Å²) >= 11 is 0. The lowest BCUT2D eigenvalue weighted by Gasteiger charge is -2.36. The number of anilines is 1. The normalized spacial score (nSPS) is 17.4. The van der Waals surface area contributed by atoms with Gasteiger partial charge >= 0.3 is 12.0 Å². The summed E-state index contributed by atoms with van der Waals surface area (Å²) in [6.45, 7) is 2.19. The summed E-state index contributed by atoms with van der Waals surface area (Å²) < 4.78 is 26.2. The molecule has 0 spiro atoms. The van der Waals surface area contributed by atoms with E-state index in [0.29, 0.717) is 18.9 Å². The molecule has 1 saturated heterocycles. The van der Waals surface area contributed by atoms with Gasteiger partial charge in [-0.15, -0.1) is 0 Å². The minimum absolute atomic E-state index is 0.104. The smallest absolute Gasteiger partial charge is 0.321 e. The van der Waals surface area contributed by atoms with Crippen LogP contribution in [-0.4, -0.2) is 35.1 Å². The van der Waals surface area contributed by atoms with Gasteiger partial charge in [0.15, 0.2) is 0 Å². The zero-order valence-corrected chi connectivity index (χ0v) is 11.5. The Bertz CT molecular complexity index is 569. The highest BCUT2D eigenvalue weighted by molar-refractivity contribution is 5.89. The van der Waals surface area contributed by atoms with Gasteiger partial charge < -0.3 is 15.3 Å². The van der Waals surface area contributed by atoms with Crippen LogP contribution in [0, 0.1) is 17.0 Å². The van der Waals surface area contributed by atoms with Crippen molar-refractivity contribution in [1.82, 2.24) is 4.90 Å². The number of piperidine rings is 1. The molecule has 1 heterocycles. The van der Waals surface area contributed by atoms with Gasteiger partial charge in [0.1, 0.15) is 11.6 Å². The van der Waals surface area contributed by atoms with E-state index < -0.39 is 29.0 Å². The molecule has 0 bridgehead atoms. The lowest BCUT2D eigenvalue weighted by Crippen LogP contribution is -2.46. The van der Waals surface area contributed by atoms with Gasteiger partial charge in [0.25, 0.3) is 0 Å². The first-order valence-corrected chi connectivity index (χ1v) is 6.56. The third kappa shape index (κ3) is 3.29. The molecule has 0 aromatic heterocycles. The first-order chi connectivity index (χ1) is 9.82. The van der Waals surface area contributed by atoms with Crippen molar-refractivity contribution in [2.75, 3.05) is 18.4 Å². The average molecular weight is 298 g/mol. The summed E-state index contributed by atoms with van der Waals surface area (Å²) in [6.07, 6.45) is 0.670. The van der Waals surface area contributed by atoms with Gasteiger partial charge in [-0.25, -0.2) is 13.6 Å². The molecule has 7 heteroatoms. The fraction of sp³-hybridized carbons (Fsp3) is 0.429. The summed E-state index contributed by atoms with van der Waals surface area (Å²) in [5.74, 6) is -2.46. The van der Waals surface area contributed by atoms with E-state index in [0.717, 1.165) is 12.1 Å². The third-order valence-corrected chi connectivity index (χ3v) is 3.84. The number of amides is 2. The minimum atomic E-state index is -0.882. The molecule has 2 rings (SSSR count). The largest absolute Gasteiger partial charge is 0.481 e. The number of carbonyl (C=O) groups is 2. The number of carboxylic acid groups (broad SMARTS) is 1. The van der Waals surface area contributed by atoms with Gasteiger partial charge in [0, 0.05) is 19.2 Å². The average Bonchev–Trinajstić information content (AvgIpc) is 2.42. The monoisotopic (exact) mass is 298 g/mol. The number of benzene rings is 1. The van der Waals surface area contributed by atoms with Crippen LogP contribution in [-0.2, 0) is 4.79 Å². The van der Waals surface area contributed by atoms with Crippen molar-refractivity contribution >= 4 is 17.7 Å². The second-order valence-electron chi connectivity index (χ2n) is 5.41. The standard InChI is InChI=1S/C14H16F2N2O3/c1-14(12(19)20)4-6-18(7-5-14)13(21)17-11-3-2-9(15)8-10(11)16/h2-3,8H,4-7H2,1H3,(H,17,21)(H,19,20). The fourth-order valence-electron chi connectivity index (χ4n) is 2.20. The van der Waals surface area contributed by atoms with E-state index in [2.05, 4.69) is 5.32 Å². The Labute approximate surface area is 120 Å². The van der Waals surface area contributed by atoms with Crippen molar-refractivity contribution in [1.29, 1.82) is 0 Å². The van der Waals surface area contributed by atoms with Crippen molar-refractivity contribution in [3.63, 3.8) is 0 Å². The molecule has 0 atom stereocenters. The second kappa shape index (κ2) is 5.67. The Hall–Kier alpha value is -2.18. The topological polar surface area (TPSA) is 69.6 Å². The summed E-state index contributed by atoms with van der Waals surface area (Å²) in [5, 5.41) is 11.5. The first-order valence-electron chi connectivity index (χ1n) is 6.56. The predicted molar refractivity (Wildman–Crippen MR) is 71.9 cm³/mol. The van der Waals surface area contributed by atoms with Gasteiger partial charge in [-0.2, -0.15) is 0 Å². The first kappa shape index (κ1) is 15.2. The van der Waals surface area contributed by atoms with Crippen molar-refractivity contribution in [3.05, 3.63) is 29.8 Å². The van der Waals surface area contributed by atoms with Gasteiger partial charge in [-0.3, -0.25) is 4.79 Å². The number of halogens is 2. The molecule has 0 saturated carbocycles. The van der Waals surface area contributed by atoms with E-state index in [9.17, 15) is 18.4 Å². The molecule has 1 aliphatic rings. The number of hydrogen-bond donors (Lipinski definition) is 2. The van der Waals surface area contributed by atoms with Crippen LogP contribution < -0.4 is 5.32 Å². The number of aliphatic carboxylic acids is 1. The van der Waals surface area contributed by atoms with Crippen LogP contribution in [0.5, 0.6) is 0 Å². The molecular weight excluding hydrogens is 282 g/mol. The van der Waals surface area contributed by atoms with E-state index in [1.807, 2.05) is 0 Å². The molecule has 0 aliphatic carbocycles. The molecule has 5 nitrogen and oxygen atoms in total. The number of urea groups is 1. The van der Waals surface area contributed by atoms with Crippen LogP contribution in [0.2, 0.25) is 0 Å². The van der Waals surface area contributed by atoms with Crippen LogP contribution >= 0.6 is 0 Å². The molecular formula is C14H16F2N2O3. The third-order valence-electron chi connectivity index (χ3n) is 3.84. The maximum absolute atomic E-state index is 13.5. The Kier molecular flexibility index (Phi) is 4.11. The van der Waals surface area contributed by atoms with Gasteiger partial charge in [-0.05, 0) is 31.9 Å². The zero-order valence-electron chi connectivity index (χ0n) is 11.5. The second-order valence-corrected chi connectivity index (χ2v) is 5.41. The fourth-order valence-corrected chi connectivity index (χ4v) is 2.20. The lowest BCUT2D eigenvalue weighted by molar-refractivity contribution is -0.150. The van der Waals surface area contributed by atoms with E-state index in [4.69, 9.17) is 5.11 Å². The number of hydrogen-bond acceptors (Lipinski definition) is 2. The van der Waals surface area contributed by atoms with E-state index in [1.54, 1.807) is 6.92 Å². The highest BCUT2D eigenvalue weighted by Crippen LogP contribution is 2.31. The quantitative estimate of drug-likeness (QED) is 0.882. The molecule has 0 unspecified atom stereocenters. The van der Waals surface area contributed by atoms with Crippen LogP contribution in [0.1, 0.15) is 19.8 Å². The Morgan fingerprint density at radius 3 is 2.43 bits per heavy atom. The maximum Gasteiger partial charge on any atom is 0.321 e. The number of carbonyl (C=O) groups excluding carboxylic acids is 1. The van der Waals surface area contributed by atoms with Crippen molar-refractivity contribution < 1.29 is 23.5 Å². The predicted octanol–water partition coefficient (Wildman–Crippen LogP) is 2.68. The van der Waals surface area contributed by atoms with Crippen molar-refractivity contribution in [3.8, 4) is 0 Å². The zero-order chi connectivity index (χ0) is 15.6. The molecule has 1 aromatic carbocycles. The summed E-state index contributed by atoms with van der Waals surface area (Å²) in [7, 11) is 0. The highest BCUT2D eigenvalue weighted by Gasteiger charge is 2.38. The SMILES string of the molecule is CC1(C(=O)O)CCN(C(=O)Nc2ccc(F)cc2F)CC1. The number of rotatable bonds is 2. The molecule has 1 aromatic rings. The molecule has 0 radical (unpaired) electrons. The van der Waals surface area contributed by atoms with Gasteiger partial charge in [0.05, 0.1) is 11.1 Å². The Balaban J connectivity index is 1.98. The van der Waals surface area contributed by atoms with Crippen LogP contribution in [0.25, 0.3) is 0 Å². The van der Waals surface area contributed by atoms with E-state index in [1.165, 1.54) is 4.90 Å². The highest BCUT2D eigenvalue weighted by atomic mass is 19.1. The summed E-state index contributed by atoms with van der Waals surface area (Å²) in [4.78, 5) is 24.5. The number of likely N-dealkylation sites (tertiary alicyclic amines) is 1. The molecule has 2 N–H and O–H groups in total. The molecule has 1 fully saturated rings. The van der Waals surface area contributed by atoms with Gasteiger partial charge in [-0.1, -0.05) is 0 Å². The number of nitrogens with one attached hydrogen (secondary N) is 1. The van der Waals surface area contributed by atoms with Crippen molar-refractivity contribution in [2.24, 2.45) is 5.41 Å². The molecule has 2 amide bonds. The molecule has 21 heavy (non-hydrogen) atoms. The van der Waals surface area contributed by atoms with E-state index >= 15 is 0 Å². The number of nitrogens with zero attached hydrogens (tertiary/aromatic N) is 1. The Morgan fingerprint density at radius 2 is 1.90 bits per heavy atom. The van der Waals surface area contributed by atoms with Crippen molar-refractivity contribution in [2.45, 2.75) is 19.8 Å². The lowest BCUT2D eigenvalue weighted by atomic mass is 9.80. The van der Waals surface area contributed by atoms with Crippen LogP contribution in [0.3, 0.4) is 0 Å². The van der Waals surface area contributed by atoms with E-state index in [-0.39, 0.29) is 18.8 Å². The molecule has 1 aliphatic heterocycles. The van der Waals surface area contributed by atoms with Gasteiger partial charge in [0.2, 0.25) is 0 Å². The Morgan fingerprint density at radius 1 is 1.29 bits per heavy atom.